The van der Waals surface area contributed by atoms with Gasteiger partial charge in [0, 0.05) is 13.1 Å². The van der Waals surface area contributed by atoms with Gasteiger partial charge in [0.1, 0.15) is 6.61 Å². The fourth-order valence-electron chi connectivity index (χ4n) is 2.70. The molecule has 0 radical (unpaired) electrons. The van der Waals surface area contributed by atoms with Crippen LogP contribution >= 0.6 is 0 Å². The molecule has 2 rings (SSSR count). The van der Waals surface area contributed by atoms with Crippen molar-refractivity contribution in [1.82, 2.24) is 4.90 Å². The Hall–Kier alpha value is -1.22. The van der Waals surface area contributed by atoms with E-state index in [1.807, 2.05) is 38.1 Å². The molecule has 1 fully saturated rings. The Balaban J connectivity index is 1.81. The van der Waals surface area contributed by atoms with Gasteiger partial charge < -0.3 is 9.47 Å². The summed E-state index contributed by atoms with van der Waals surface area (Å²) in [5, 5.41) is 0. The van der Waals surface area contributed by atoms with Gasteiger partial charge in [-0.2, -0.15) is 0 Å². The maximum Gasteiger partial charge on any atom is 0.161 e. The van der Waals surface area contributed by atoms with Gasteiger partial charge in [-0.15, -0.1) is 0 Å². The zero-order valence-corrected chi connectivity index (χ0v) is 13.0. The van der Waals surface area contributed by atoms with E-state index in [1.54, 1.807) is 0 Å². The highest BCUT2D eigenvalue weighted by Gasteiger charge is 2.16. The molecular formula is C17H27NO2. The third kappa shape index (κ3) is 4.71. The van der Waals surface area contributed by atoms with E-state index in [0.29, 0.717) is 0 Å². The minimum absolute atomic E-state index is 0.169. The zero-order valence-electron chi connectivity index (χ0n) is 13.0. The Morgan fingerprint density at radius 3 is 2.70 bits per heavy atom. The lowest BCUT2D eigenvalue weighted by Crippen LogP contribution is -2.37. The molecule has 1 saturated heterocycles. The van der Waals surface area contributed by atoms with Crippen LogP contribution in [0.1, 0.15) is 33.6 Å². The van der Waals surface area contributed by atoms with Crippen molar-refractivity contribution in [3.05, 3.63) is 24.3 Å². The fraction of sp³-hybridized carbons (Fsp3) is 0.647. The average molecular weight is 277 g/mol. The quantitative estimate of drug-likeness (QED) is 0.793. The van der Waals surface area contributed by atoms with Gasteiger partial charge in [-0.3, -0.25) is 4.90 Å². The van der Waals surface area contributed by atoms with Crippen LogP contribution in [-0.2, 0) is 0 Å². The van der Waals surface area contributed by atoms with Gasteiger partial charge in [-0.05, 0) is 51.3 Å². The molecule has 0 aromatic heterocycles. The van der Waals surface area contributed by atoms with E-state index in [-0.39, 0.29) is 6.10 Å². The number of hydrogen-bond donors (Lipinski definition) is 0. The monoisotopic (exact) mass is 277 g/mol. The third-order valence-corrected chi connectivity index (χ3v) is 3.62. The first-order chi connectivity index (χ1) is 9.65. The molecule has 112 valence electrons. The molecule has 3 heteroatoms. The van der Waals surface area contributed by atoms with Crippen molar-refractivity contribution in [2.75, 3.05) is 26.2 Å². The highest BCUT2D eigenvalue weighted by atomic mass is 16.5. The summed E-state index contributed by atoms with van der Waals surface area (Å²) in [6.07, 6.45) is 2.85. The van der Waals surface area contributed by atoms with Gasteiger partial charge in [0.2, 0.25) is 0 Å². The van der Waals surface area contributed by atoms with E-state index in [0.717, 1.165) is 30.6 Å². The predicted molar refractivity (Wildman–Crippen MR) is 82.5 cm³/mol. The fourth-order valence-corrected chi connectivity index (χ4v) is 2.70. The molecule has 1 heterocycles. The van der Waals surface area contributed by atoms with Crippen molar-refractivity contribution in [1.29, 1.82) is 0 Å². The van der Waals surface area contributed by atoms with Gasteiger partial charge in [0.05, 0.1) is 6.10 Å². The zero-order chi connectivity index (χ0) is 14.4. The van der Waals surface area contributed by atoms with Crippen LogP contribution in [0, 0.1) is 5.92 Å². The van der Waals surface area contributed by atoms with Crippen LogP contribution in [-0.4, -0.2) is 37.2 Å². The Kier molecular flexibility index (Phi) is 5.72. The molecule has 0 aliphatic carbocycles. The number of para-hydroxylation sites is 2. The van der Waals surface area contributed by atoms with Crippen LogP contribution in [0.4, 0.5) is 0 Å². The Morgan fingerprint density at radius 1 is 1.25 bits per heavy atom. The van der Waals surface area contributed by atoms with Gasteiger partial charge in [-0.25, -0.2) is 0 Å². The highest BCUT2D eigenvalue weighted by molar-refractivity contribution is 5.39. The standard InChI is InChI=1S/C17H27NO2/c1-14(2)20-17-9-5-4-8-16(17)19-12-11-18-10-6-7-15(3)13-18/h4-5,8-9,14-15H,6-7,10-13H2,1-3H3. The first kappa shape index (κ1) is 15.2. The average Bonchev–Trinajstić information content (AvgIpc) is 2.40. The molecule has 0 spiro atoms. The molecule has 1 unspecified atom stereocenters. The smallest absolute Gasteiger partial charge is 0.161 e. The molecule has 3 nitrogen and oxygen atoms in total. The molecule has 0 N–H and O–H groups in total. The molecule has 1 atom stereocenters. The number of ether oxygens (including phenoxy) is 2. The first-order valence-electron chi connectivity index (χ1n) is 7.76. The maximum absolute atomic E-state index is 5.91. The minimum atomic E-state index is 0.169. The van der Waals surface area contributed by atoms with Crippen LogP contribution in [0.3, 0.4) is 0 Å². The number of benzene rings is 1. The summed E-state index contributed by atoms with van der Waals surface area (Å²) in [7, 11) is 0. The van der Waals surface area contributed by atoms with Crippen molar-refractivity contribution in [2.45, 2.75) is 39.7 Å². The number of piperidine rings is 1. The minimum Gasteiger partial charge on any atom is -0.488 e. The molecule has 0 amide bonds. The largest absolute Gasteiger partial charge is 0.488 e. The summed E-state index contributed by atoms with van der Waals surface area (Å²) < 4.78 is 11.7. The summed E-state index contributed by atoms with van der Waals surface area (Å²) in [4.78, 5) is 2.50. The van der Waals surface area contributed by atoms with Crippen molar-refractivity contribution in [3.8, 4) is 11.5 Å². The molecule has 1 aromatic carbocycles. The second kappa shape index (κ2) is 7.53. The second-order valence-electron chi connectivity index (χ2n) is 6.01. The normalized spacial score (nSPS) is 20.1. The van der Waals surface area contributed by atoms with Crippen LogP contribution in [0.15, 0.2) is 24.3 Å². The molecule has 0 saturated carbocycles. The molecule has 1 aliphatic rings. The van der Waals surface area contributed by atoms with Crippen LogP contribution in [0.5, 0.6) is 11.5 Å². The van der Waals surface area contributed by atoms with Gasteiger partial charge in [0.15, 0.2) is 11.5 Å². The molecule has 1 aliphatic heterocycles. The Bertz CT molecular complexity index is 406. The topological polar surface area (TPSA) is 21.7 Å². The molecular weight excluding hydrogens is 250 g/mol. The lowest BCUT2D eigenvalue weighted by molar-refractivity contribution is 0.149. The number of nitrogens with zero attached hydrogens (tertiary/aromatic N) is 1. The van der Waals surface area contributed by atoms with Gasteiger partial charge in [-0.1, -0.05) is 19.1 Å². The first-order valence-corrected chi connectivity index (χ1v) is 7.76. The molecule has 1 aromatic rings. The summed E-state index contributed by atoms with van der Waals surface area (Å²) in [5.41, 5.74) is 0. The van der Waals surface area contributed by atoms with E-state index in [9.17, 15) is 0 Å². The van der Waals surface area contributed by atoms with Crippen molar-refractivity contribution >= 4 is 0 Å². The van der Waals surface area contributed by atoms with Crippen LogP contribution in [0.25, 0.3) is 0 Å². The van der Waals surface area contributed by atoms with Crippen LogP contribution in [0.2, 0.25) is 0 Å². The predicted octanol–water partition coefficient (Wildman–Crippen LogP) is 3.58. The Morgan fingerprint density at radius 2 is 2.00 bits per heavy atom. The van der Waals surface area contributed by atoms with E-state index < -0.39 is 0 Å². The van der Waals surface area contributed by atoms with E-state index >= 15 is 0 Å². The second-order valence-corrected chi connectivity index (χ2v) is 6.01. The van der Waals surface area contributed by atoms with E-state index in [4.69, 9.17) is 9.47 Å². The van der Waals surface area contributed by atoms with E-state index in [1.165, 1.54) is 25.9 Å². The van der Waals surface area contributed by atoms with Crippen molar-refractivity contribution in [3.63, 3.8) is 0 Å². The SMILES string of the molecule is CC1CCCN(CCOc2ccccc2OC(C)C)C1. The number of likely N-dealkylation sites (tertiary alicyclic amines) is 1. The van der Waals surface area contributed by atoms with Crippen molar-refractivity contribution < 1.29 is 9.47 Å². The van der Waals surface area contributed by atoms with E-state index in [2.05, 4.69) is 11.8 Å². The van der Waals surface area contributed by atoms with Gasteiger partial charge >= 0.3 is 0 Å². The van der Waals surface area contributed by atoms with Crippen LogP contribution < -0.4 is 9.47 Å². The molecule has 20 heavy (non-hydrogen) atoms. The summed E-state index contributed by atoms with van der Waals surface area (Å²) in [6.45, 7) is 10.5. The summed E-state index contributed by atoms with van der Waals surface area (Å²) >= 11 is 0. The molecule has 0 bridgehead atoms. The van der Waals surface area contributed by atoms with Crippen molar-refractivity contribution in [2.24, 2.45) is 5.92 Å². The maximum atomic E-state index is 5.91. The number of hydrogen-bond acceptors (Lipinski definition) is 3. The highest BCUT2D eigenvalue weighted by Crippen LogP contribution is 2.27. The lowest BCUT2D eigenvalue weighted by atomic mass is 10.0. The third-order valence-electron chi connectivity index (χ3n) is 3.62. The summed E-state index contributed by atoms with van der Waals surface area (Å²) in [5.74, 6) is 2.51. The lowest BCUT2D eigenvalue weighted by Gasteiger charge is -2.30. The number of rotatable bonds is 6. The Labute approximate surface area is 122 Å². The summed E-state index contributed by atoms with van der Waals surface area (Å²) in [6, 6.07) is 7.93. The van der Waals surface area contributed by atoms with Gasteiger partial charge in [0.25, 0.3) is 0 Å².